The minimum absolute atomic E-state index is 0.779. The predicted octanol–water partition coefficient (Wildman–Crippen LogP) is 4.15. The van der Waals surface area contributed by atoms with Gasteiger partial charge in [-0.25, -0.2) is 4.98 Å². The first kappa shape index (κ1) is 16.8. The average Bonchev–Trinajstić information content (AvgIpc) is 3.27. The van der Waals surface area contributed by atoms with Gasteiger partial charge in [0.1, 0.15) is 5.52 Å². The second kappa shape index (κ2) is 7.29. The molecule has 6 nitrogen and oxygen atoms in total. The Bertz CT molecular complexity index is 1010. The highest BCUT2D eigenvalue weighted by atomic mass is 32.2. The molecule has 0 N–H and O–H groups in total. The minimum atomic E-state index is 0.779. The molecule has 2 heterocycles. The third kappa shape index (κ3) is 3.35. The van der Waals surface area contributed by atoms with Crippen LogP contribution in [0.1, 0.15) is 23.4 Å². The van der Waals surface area contributed by atoms with E-state index in [4.69, 9.17) is 4.42 Å². The lowest BCUT2D eigenvalue weighted by Gasteiger charge is -2.09. The summed E-state index contributed by atoms with van der Waals surface area (Å²) in [5.74, 6) is 1.67. The molecule has 0 radical (unpaired) electrons. The highest BCUT2D eigenvalue weighted by molar-refractivity contribution is 7.99. The summed E-state index contributed by atoms with van der Waals surface area (Å²) < 4.78 is 7.57. The summed E-state index contributed by atoms with van der Waals surface area (Å²) in [4.78, 5) is 4.51. The van der Waals surface area contributed by atoms with Crippen LogP contribution in [0.2, 0.25) is 0 Å². The average molecular weight is 365 g/mol. The fraction of sp³-hybridized carbons (Fsp3) is 0.263. The normalized spacial score (nSPS) is 11.3. The summed E-state index contributed by atoms with van der Waals surface area (Å²) in [6.07, 6.45) is 1.74. The van der Waals surface area contributed by atoms with E-state index >= 15 is 0 Å². The Balaban J connectivity index is 1.40. The summed E-state index contributed by atoms with van der Waals surface area (Å²) in [6.45, 7) is 4.18. The van der Waals surface area contributed by atoms with Crippen LogP contribution in [0.4, 0.5) is 0 Å². The number of rotatable bonds is 6. The van der Waals surface area contributed by atoms with E-state index in [1.807, 2.05) is 41.1 Å². The van der Waals surface area contributed by atoms with E-state index in [2.05, 4.69) is 40.4 Å². The number of tetrazole rings is 1. The zero-order valence-corrected chi connectivity index (χ0v) is 15.5. The van der Waals surface area contributed by atoms with Gasteiger partial charge in [-0.1, -0.05) is 36.0 Å². The molecule has 0 saturated heterocycles. The van der Waals surface area contributed by atoms with E-state index in [0.717, 1.165) is 46.4 Å². The zero-order chi connectivity index (χ0) is 17.9. The smallest absolute Gasteiger partial charge is 0.214 e. The van der Waals surface area contributed by atoms with Gasteiger partial charge in [0.05, 0.1) is 5.69 Å². The molecule has 0 saturated carbocycles. The number of aromatic nitrogens is 5. The molecule has 7 heteroatoms. The first-order chi connectivity index (χ1) is 12.7. The SMILES string of the molecule is Cc1cccc(-n2nnnc2SCCCc2nc3ccccc3o2)c1C. The van der Waals surface area contributed by atoms with Crippen molar-refractivity contribution in [2.24, 2.45) is 0 Å². The van der Waals surface area contributed by atoms with Crippen molar-refractivity contribution in [2.45, 2.75) is 31.8 Å². The van der Waals surface area contributed by atoms with Gasteiger partial charge in [0, 0.05) is 12.2 Å². The number of hydrogen-bond donors (Lipinski definition) is 0. The predicted molar refractivity (Wildman–Crippen MR) is 102 cm³/mol. The van der Waals surface area contributed by atoms with Crippen molar-refractivity contribution in [3.8, 4) is 5.69 Å². The van der Waals surface area contributed by atoms with Gasteiger partial charge in [0.25, 0.3) is 0 Å². The van der Waals surface area contributed by atoms with Crippen LogP contribution in [0, 0.1) is 13.8 Å². The molecule has 0 atom stereocenters. The Morgan fingerprint density at radius 2 is 1.96 bits per heavy atom. The number of nitrogens with zero attached hydrogens (tertiary/aromatic N) is 5. The molecular weight excluding hydrogens is 346 g/mol. The Morgan fingerprint density at radius 3 is 2.85 bits per heavy atom. The molecule has 2 aromatic carbocycles. The zero-order valence-electron chi connectivity index (χ0n) is 14.7. The monoisotopic (exact) mass is 365 g/mol. The number of oxazole rings is 1. The molecule has 0 unspecified atom stereocenters. The number of hydrogen-bond acceptors (Lipinski definition) is 6. The maximum Gasteiger partial charge on any atom is 0.214 e. The Kier molecular flexibility index (Phi) is 4.71. The molecule has 0 amide bonds. The van der Waals surface area contributed by atoms with Crippen LogP contribution in [0.25, 0.3) is 16.8 Å². The van der Waals surface area contributed by atoms with E-state index in [1.165, 1.54) is 11.1 Å². The third-order valence-corrected chi connectivity index (χ3v) is 5.36. The fourth-order valence-corrected chi connectivity index (χ4v) is 3.62. The maximum atomic E-state index is 5.76. The highest BCUT2D eigenvalue weighted by Gasteiger charge is 2.12. The summed E-state index contributed by atoms with van der Waals surface area (Å²) in [7, 11) is 0. The largest absolute Gasteiger partial charge is 0.441 e. The maximum absolute atomic E-state index is 5.76. The summed E-state index contributed by atoms with van der Waals surface area (Å²) in [5.41, 5.74) is 5.19. The van der Waals surface area contributed by atoms with Crippen molar-refractivity contribution < 1.29 is 4.42 Å². The third-order valence-electron chi connectivity index (χ3n) is 4.35. The van der Waals surface area contributed by atoms with Gasteiger partial charge in [0.15, 0.2) is 11.5 Å². The van der Waals surface area contributed by atoms with Crippen molar-refractivity contribution in [3.63, 3.8) is 0 Å². The molecule has 0 aliphatic heterocycles. The van der Waals surface area contributed by atoms with E-state index in [-0.39, 0.29) is 0 Å². The Morgan fingerprint density at radius 1 is 1.08 bits per heavy atom. The molecule has 4 rings (SSSR count). The van der Waals surface area contributed by atoms with Crippen molar-refractivity contribution >= 4 is 22.9 Å². The Hall–Kier alpha value is -2.67. The molecule has 0 bridgehead atoms. The van der Waals surface area contributed by atoms with Crippen LogP contribution < -0.4 is 0 Å². The lowest BCUT2D eigenvalue weighted by molar-refractivity contribution is 0.526. The van der Waals surface area contributed by atoms with Crippen molar-refractivity contribution in [1.82, 2.24) is 25.2 Å². The van der Waals surface area contributed by atoms with Crippen LogP contribution in [0.5, 0.6) is 0 Å². The summed E-state index contributed by atoms with van der Waals surface area (Å²) >= 11 is 1.65. The van der Waals surface area contributed by atoms with Gasteiger partial charge in [-0.05, 0) is 60.0 Å². The molecule has 132 valence electrons. The first-order valence-corrected chi connectivity index (χ1v) is 9.53. The van der Waals surface area contributed by atoms with Crippen LogP contribution in [-0.4, -0.2) is 30.9 Å². The molecule has 0 fully saturated rings. The van der Waals surface area contributed by atoms with Gasteiger partial charge in [-0.15, -0.1) is 5.10 Å². The second-order valence-electron chi connectivity index (χ2n) is 6.12. The topological polar surface area (TPSA) is 69.6 Å². The van der Waals surface area contributed by atoms with Crippen LogP contribution in [0.3, 0.4) is 0 Å². The van der Waals surface area contributed by atoms with E-state index in [9.17, 15) is 0 Å². The number of fused-ring (bicyclic) bond motifs is 1. The Labute approximate surface area is 155 Å². The lowest BCUT2D eigenvalue weighted by Crippen LogP contribution is -2.03. The van der Waals surface area contributed by atoms with Crippen LogP contribution >= 0.6 is 11.8 Å². The van der Waals surface area contributed by atoms with Gasteiger partial charge in [-0.2, -0.15) is 4.68 Å². The first-order valence-electron chi connectivity index (χ1n) is 8.54. The van der Waals surface area contributed by atoms with E-state index < -0.39 is 0 Å². The molecule has 2 aromatic heterocycles. The van der Waals surface area contributed by atoms with Gasteiger partial charge in [0.2, 0.25) is 5.16 Å². The quantitative estimate of drug-likeness (QED) is 0.378. The highest BCUT2D eigenvalue weighted by Crippen LogP contribution is 2.23. The molecule has 0 aliphatic rings. The number of para-hydroxylation sites is 2. The van der Waals surface area contributed by atoms with Crippen molar-refractivity contribution in [3.05, 3.63) is 59.5 Å². The van der Waals surface area contributed by atoms with Crippen LogP contribution in [-0.2, 0) is 6.42 Å². The van der Waals surface area contributed by atoms with Crippen molar-refractivity contribution in [1.29, 1.82) is 0 Å². The second-order valence-corrected chi connectivity index (χ2v) is 7.18. The lowest BCUT2D eigenvalue weighted by atomic mass is 10.1. The van der Waals surface area contributed by atoms with Gasteiger partial charge < -0.3 is 4.42 Å². The minimum Gasteiger partial charge on any atom is -0.441 e. The van der Waals surface area contributed by atoms with Crippen molar-refractivity contribution in [2.75, 3.05) is 5.75 Å². The van der Waals surface area contributed by atoms with E-state index in [1.54, 1.807) is 11.8 Å². The molecular formula is C19H19N5OS. The van der Waals surface area contributed by atoms with E-state index in [0.29, 0.717) is 0 Å². The summed E-state index contributed by atoms with van der Waals surface area (Å²) in [5, 5.41) is 13.0. The standard InChI is InChI=1S/C19H19N5OS/c1-13-7-5-9-16(14(13)2)24-19(21-22-23-24)26-12-6-11-18-20-15-8-3-4-10-17(15)25-18/h3-5,7-10H,6,11-12H2,1-2H3. The molecule has 26 heavy (non-hydrogen) atoms. The van der Waals surface area contributed by atoms with Gasteiger partial charge >= 0.3 is 0 Å². The number of aryl methyl sites for hydroxylation is 2. The van der Waals surface area contributed by atoms with Crippen LogP contribution in [0.15, 0.2) is 52.0 Å². The fourth-order valence-electron chi connectivity index (χ4n) is 2.80. The molecule has 0 spiro atoms. The molecule has 4 aromatic rings. The number of thioether (sulfide) groups is 1. The van der Waals surface area contributed by atoms with Gasteiger partial charge in [-0.3, -0.25) is 0 Å². The molecule has 0 aliphatic carbocycles. The number of benzene rings is 2. The summed E-state index contributed by atoms with van der Waals surface area (Å²) in [6, 6.07) is 14.0.